The first kappa shape index (κ1) is 33.5. The van der Waals surface area contributed by atoms with Crippen molar-refractivity contribution in [1.82, 2.24) is 10.3 Å². The van der Waals surface area contributed by atoms with Gasteiger partial charge in [0, 0.05) is 61.7 Å². The second-order valence-corrected chi connectivity index (χ2v) is 15.0. The molecule has 45 heavy (non-hydrogen) atoms. The molecule has 2 aromatic rings. The maximum atomic E-state index is 15.8. The lowest BCUT2D eigenvalue weighted by Crippen LogP contribution is -2.40. The van der Waals surface area contributed by atoms with Crippen molar-refractivity contribution >= 4 is 44.8 Å². The van der Waals surface area contributed by atoms with Crippen molar-refractivity contribution in [3.63, 3.8) is 0 Å². The van der Waals surface area contributed by atoms with Gasteiger partial charge >= 0.3 is 0 Å². The van der Waals surface area contributed by atoms with Gasteiger partial charge in [-0.1, -0.05) is 11.6 Å². The Hall–Kier alpha value is -2.87. The lowest BCUT2D eigenvalue weighted by atomic mass is 9.77. The highest BCUT2D eigenvalue weighted by Gasteiger charge is 2.44. The Morgan fingerprint density at radius 2 is 1.73 bits per heavy atom. The highest BCUT2D eigenvalue weighted by Crippen LogP contribution is 2.46. The molecule has 246 valence electrons. The number of pyridine rings is 1. The predicted molar refractivity (Wildman–Crippen MR) is 169 cm³/mol. The van der Waals surface area contributed by atoms with Crippen LogP contribution in [-0.2, 0) is 25.3 Å². The minimum Gasteiger partial charge on any atom is -0.356 e. The van der Waals surface area contributed by atoms with E-state index in [0.717, 1.165) is 0 Å². The van der Waals surface area contributed by atoms with E-state index in [4.69, 9.17) is 23.1 Å². The molecule has 0 radical (unpaired) electrons. The first-order chi connectivity index (χ1) is 21.4. The van der Waals surface area contributed by atoms with Crippen LogP contribution in [0.4, 0.5) is 20.3 Å². The smallest absolute Gasteiger partial charge is 0.276 e. The number of benzene rings is 1. The predicted octanol–water partition coefficient (Wildman–Crippen LogP) is 3.60. The highest BCUT2D eigenvalue weighted by molar-refractivity contribution is 7.92. The number of sulfone groups is 1. The van der Waals surface area contributed by atoms with E-state index in [1.807, 2.05) is 0 Å². The number of hydrogen-bond donors (Lipinski definition) is 3. The Kier molecular flexibility index (Phi) is 10.3. The van der Waals surface area contributed by atoms with Gasteiger partial charge in [-0.2, -0.15) is 0 Å². The van der Waals surface area contributed by atoms with Crippen LogP contribution in [0.5, 0.6) is 0 Å². The Morgan fingerprint density at radius 3 is 2.33 bits per heavy atom. The molecular formula is C31H41ClF2N6O4S. The molecular weight excluding hydrogens is 626 g/mol. The van der Waals surface area contributed by atoms with Crippen molar-refractivity contribution in [3.05, 3.63) is 47.1 Å². The van der Waals surface area contributed by atoms with Crippen LogP contribution in [-0.4, -0.2) is 69.2 Å². The second-order valence-electron chi connectivity index (χ2n) is 12.3. The topological polar surface area (TPSA) is 152 Å². The van der Waals surface area contributed by atoms with Gasteiger partial charge in [0.15, 0.2) is 9.84 Å². The normalized spacial score (nSPS) is 23.4. The standard InChI is InChI=1S/C31H41ClF2N6O4S/c32-27-16-22(31(33,34)21-4-2-20(3-5-21)30(42)37-13-1-12-35)17-28(38-27)39-14-10-26(11-15-39)45(43,44)25-8-6-24(7-9-25)40-19-23(36)18-29(40)41/h6-9,16-17,20-21,23,26H,1-5,10-15,18-19,35-36H2,(H,37,42)/t20-,21-,23-/m1/s1. The summed E-state index contributed by atoms with van der Waals surface area (Å²) in [5, 5.41) is 2.13. The minimum absolute atomic E-state index is 0.0533. The maximum Gasteiger partial charge on any atom is 0.276 e. The molecule has 1 saturated carbocycles. The van der Waals surface area contributed by atoms with E-state index in [1.165, 1.54) is 24.3 Å². The third kappa shape index (κ3) is 7.42. The fourth-order valence-electron chi connectivity index (χ4n) is 6.64. The summed E-state index contributed by atoms with van der Waals surface area (Å²) in [4.78, 5) is 32.4. The Balaban J connectivity index is 1.20. The first-order valence-corrected chi connectivity index (χ1v) is 17.5. The molecule has 10 nitrogen and oxygen atoms in total. The summed E-state index contributed by atoms with van der Waals surface area (Å²) >= 11 is 6.24. The number of nitrogens with zero attached hydrogens (tertiary/aromatic N) is 3. The molecule has 2 saturated heterocycles. The molecule has 0 bridgehead atoms. The van der Waals surface area contributed by atoms with Gasteiger partial charge in [0.25, 0.3) is 5.92 Å². The molecule has 2 aliphatic heterocycles. The zero-order valence-electron chi connectivity index (χ0n) is 25.1. The Bertz CT molecular complexity index is 1480. The van der Waals surface area contributed by atoms with Gasteiger partial charge in [-0.25, -0.2) is 22.2 Å². The largest absolute Gasteiger partial charge is 0.356 e. The van der Waals surface area contributed by atoms with Gasteiger partial charge in [-0.05, 0) is 87.9 Å². The molecule has 1 aromatic carbocycles. The number of piperidine rings is 1. The van der Waals surface area contributed by atoms with Gasteiger partial charge in [0.2, 0.25) is 11.8 Å². The molecule has 3 aliphatic rings. The molecule has 0 unspecified atom stereocenters. The van der Waals surface area contributed by atoms with E-state index in [0.29, 0.717) is 76.3 Å². The molecule has 5 rings (SSSR count). The van der Waals surface area contributed by atoms with Crippen molar-refractivity contribution in [3.8, 4) is 0 Å². The average Bonchev–Trinajstić information content (AvgIpc) is 3.38. The lowest BCUT2D eigenvalue weighted by molar-refractivity contribution is -0.129. The van der Waals surface area contributed by atoms with Crippen LogP contribution in [0.25, 0.3) is 0 Å². The molecule has 5 N–H and O–H groups in total. The van der Waals surface area contributed by atoms with Crippen LogP contribution in [0.1, 0.15) is 56.9 Å². The van der Waals surface area contributed by atoms with Gasteiger partial charge in [-0.3, -0.25) is 9.59 Å². The van der Waals surface area contributed by atoms with Crippen LogP contribution in [0, 0.1) is 11.8 Å². The van der Waals surface area contributed by atoms with Crippen LogP contribution in [0.2, 0.25) is 5.15 Å². The van der Waals surface area contributed by atoms with Crippen LogP contribution < -0.4 is 26.6 Å². The van der Waals surface area contributed by atoms with Crippen molar-refractivity contribution in [2.45, 2.75) is 73.5 Å². The number of alkyl halides is 2. The third-order valence-corrected chi connectivity index (χ3v) is 11.8. The van der Waals surface area contributed by atoms with Gasteiger partial charge in [0.1, 0.15) is 11.0 Å². The van der Waals surface area contributed by atoms with Gasteiger partial charge < -0.3 is 26.6 Å². The number of nitrogens with two attached hydrogens (primary N) is 2. The number of rotatable bonds is 10. The number of carbonyl (C=O) groups is 2. The van der Waals surface area contributed by atoms with Crippen LogP contribution in [0.3, 0.4) is 0 Å². The number of hydrogen-bond acceptors (Lipinski definition) is 8. The SMILES string of the molecule is NCCCNC(=O)[C@H]1CC[C@H](C(F)(F)c2cc(Cl)nc(N3CCC(S(=O)(=O)c4ccc(N5C[C@H](N)CC5=O)cc4)CC3)c2)CC1. The summed E-state index contributed by atoms with van der Waals surface area (Å²) in [6, 6.07) is 8.60. The molecule has 1 atom stereocenters. The van der Waals surface area contributed by atoms with E-state index < -0.39 is 26.9 Å². The van der Waals surface area contributed by atoms with Crippen LogP contribution in [0.15, 0.2) is 41.3 Å². The van der Waals surface area contributed by atoms with Crippen LogP contribution >= 0.6 is 11.6 Å². The summed E-state index contributed by atoms with van der Waals surface area (Å²) in [6.07, 6.45) is 2.71. The van der Waals surface area contributed by atoms with Crippen molar-refractivity contribution in [2.75, 3.05) is 42.5 Å². The number of amides is 2. The van der Waals surface area contributed by atoms with E-state index in [1.54, 1.807) is 21.9 Å². The summed E-state index contributed by atoms with van der Waals surface area (Å²) in [6.45, 7) is 1.97. The molecule has 3 fully saturated rings. The summed E-state index contributed by atoms with van der Waals surface area (Å²) in [7, 11) is -3.66. The van der Waals surface area contributed by atoms with E-state index in [9.17, 15) is 18.0 Å². The zero-order valence-corrected chi connectivity index (χ0v) is 26.7. The first-order valence-electron chi connectivity index (χ1n) is 15.6. The van der Waals surface area contributed by atoms with Crippen molar-refractivity contribution in [2.24, 2.45) is 23.3 Å². The Morgan fingerprint density at radius 1 is 1.07 bits per heavy atom. The molecule has 14 heteroatoms. The number of nitrogens with one attached hydrogen (secondary N) is 1. The summed E-state index contributed by atoms with van der Waals surface area (Å²) in [5.74, 6) is -4.28. The average molecular weight is 667 g/mol. The number of aromatic nitrogens is 1. The monoisotopic (exact) mass is 666 g/mol. The van der Waals surface area contributed by atoms with E-state index in [-0.39, 0.29) is 58.6 Å². The fourth-order valence-corrected chi connectivity index (χ4v) is 8.57. The molecule has 3 heterocycles. The maximum absolute atomic E-state index is 15.8. The highest BCUT2D eigenvalue weighted by atomic mass is 35.5. The van der Waals surface area contributed by atoms with Gasteiger partial charge in [-0.15, -0.1) is 0 Å². The number of halogens is 3. The van der Waals surface area contributed by atoms with E-state index >= 15 is 8.78 Å². The third-order valence-electron chi connectivity index (χ3n) is 9.29. The minimum atomic E-state index is -3.66. The fraction of sp³-hybridized carbons (Fsp3) is 0.581. The molecule has 1 aromatic heterocycles. The summed E-state index contributed by atoms with van der Waals surface area (Å²) in [5.41, 5.74) is 11.7. The quantitative estimate of drug-likeness (QED) is 0.257. The summed E-state index contributed by atoms with van der Waals surface area (Å²) < 4.78 is 58.5. The van der Waals surface area contributed by atoms with E-state index in [2.05, 4.69) is 10.3 Å². The second kappa shape index (κ2) is 13.9. The zero-order chi connectivity index (χ0) is 32.4. The Labute approximate surface area is 267 Å². The molecule has 1 aliphatic carbocycles. The van der Waals surface area contributed by atoms with Crippen molar-refractivity contribution in [1.29, 1.82) is 0 Å². The molecule has 2 amide bonds. The van der Waals surface area contributed by atoms with Crippen molar-refractivity contribution < 1.29 is 26.8 Å². The number of anilines is 2. The lowest BCUT2D eigenvalue weighted by Gasteiger charge is -2.35. The number of carbonyl (C=O) groups excluding carboxylic acids is 2. The molecule has 0 spiro atoms. The van der Waals surface area contributed by atoms with Gasteiger partial charge in [0.05, 0.1) is 10.1 Å².